The molecule has 0 aliphatic heterocycles. The minimum absolute atomic E-state index is 0.205. The summed E-state index contributed by atoms with van der Waals surface area (Å²) < 4.78 is 10.3. The monoisotopic (exact) mass is 267 g/mol. The molecule has 0 amide bonds. The summed E-state index contributed by atoms with van der Waals surface area (Å²) in [5, 5.41) is 37.5. The number of ether oxygens (including phenoxy) is 2. The molecule has 0 saturated heterocycles. The first kappa shape index (κ1) is 15.2. The van der Waals surface area contributed by atoms with Crippen molar-refractivity contribution in [3.05, 3.63) is 23.3 Å². The van der Waals surface area contributed by atoms with Crippen LogP contribution < -0.4 is 9.47 Å². The Balaban J connectivity index is 3.27. The highest BCUT2D eigenvalue weighted by molar-refractivity contribution is 5.49. The summed E-state index contributed by atoms with van der Waals surface area (Å²) in [7, 11) is 2.81. The minimum atomic E-state index is -1.31. The van der Waals surface area contributed by atoms with Crippen LogP contribution >= 0.6 is 0 Å². The van der Waals surface area contributed by atoms with E-state index in [1.54, 1.807) is 18.2 Å². The Kier molecular flexibility index (Phi) is 5.57. The van der Waals surface area contributed by atoms with Crippen LogP contribution in [0.2, 0.25) is 0 Å². The molecule has 0 heterocycles. The van der Waals surface area contributed by atoms with Gasteiger partial charge in [0.25, 0.3) is 0 Å². The Bertz CT molecular complexity index is 444. The van der Waals surface area contributed by atoms with Gasteiger partial charge in [-0.2, -0.15) is 5.26 Å². The van der Waals surface area contributed by atoms with Crippen LogP contribution in [0.1, 0.15) is 23.7 Å². The Morgan fingerprint density at radius 1 is 1.21 bits per heavy atom. The molecule has 0 aliphatic rings. The van der Waals surface area contributed by atoms with E-state index in [1.807, 2.05) is 0 Å². The predicted octanol–water partition coefficient (Wildman–Crippen LogP) is 0.504. The second-order valence-corrected chi connectivity index (χ2v) is 3.95. The van der Waals surface area contributed by atoms with Crippen LogP contribution in [0, 0.1) is 11.3 Å². The summed E-state index contributed by atoms with van der Waals surface area (Å²) in [5.41, 5.74) is 0.810. The molecule has 0 bridgehead atoms. The van der Waals surface area contributed by atoms with Crippen LogP contribution in [0.15, 0.2) is 12.1 Å². The van der Waals surface area contributed by atoms with E-state index in [1.165, 1.54) is 14.2 Å². The number of rotatable bonds is 6. The number of nitrogens with zero attached hydrogens (tertiary/aromatic N) is 1. The molecule has 0 fully saturated rings. The van der Waals surface area contributed by atoms with E-state index in [-0.39, 0.29) is 30.1 Å². The maximum atomic E-state index is 10.1. The molecular weight excluding hydrogens is 250 g/mol. The quantitative estimate of drug-likeness (QED) is 0.693. The Morgan fingerprint density at radius 2 is 1.74 bits per heavy atom. The fourth-order valence-electron chi connectivity index (χ4n) is 1.77. The van der Waals surface area contributed by atoms with Crippen LogP contribution in [0.3, 0.4) is 0 Å². The lowest BCUT2D eigenvalue weighted by molar-refractivity contribution is 0.0187. The molecule has 3 N–H and O–H groups in total. The number of nitriles is 1. The van der Waals surface area contributed by atoms with Gasteiger partial charge in [-0.15, -0.1) is 0 Å². The normalized spacial score (nSPS) is 13.5. The number of aliphatic hydroxyl groups excluding tert-OH is 3. The van der Waals surface area contributed by atoms with E-state index in [2.05, 4.69) is 0 Å². The highest BCUT2D eigenvalue weighted by Gasteiger charge is 2.26. The molecule has 0 spiro atoms. The van der Waals surface area contributed by atoms with Gasteiger partial charge in [-0.1, -0.05) is 0 Å². The van der Waals surface area contributed by atoms with Crippen molar-refractivity contribution < 1.29 is 24.8 Å². The standard InChI is InChI=1S/C13H17NO5/c1-18-10-5-8(7-15)6-11(19-2)12(10)13(17)9(16)3-4-14/h5-6,9,13,15-17H,3,7H2,1-2H3. The number of hydrogen-bond donors (Lipinski definition) is 3. The lowest BCUT2D eigenvalue weighted by Crippen LogP contribution is -2.19. The molecule has 19 heavy (non-hydrogen) atoms. The zero-order valence-corrected chi connectivity index (χ0v) is 10.8. The first-order valence-corrected chi connectivity index (χ1v) is 5.67. The number of methoxy groups -OCH3 is 2. The Labute approximate surface area is 111 Å². The van der Waals surface area contributed by atoms with Gasteiger partial charge in [0.15, 0.2) is 0 Å². The maximum absolute atomic E-state index is 10.1. The van der Waals surface area contributed by atoms with Gasteiger partial charge >= 0.3 is 0 Å². The molecule has 0 aliphatic carbocycles. The SMILES string of the molecule is COc1cc(CO)cc(OC)c1C(O)C(O)CC#N. The third kappa shape index (κ3) is 3.35. The van der Waals surface area contributed by atoms with E-state index in [4.69, 9.17) is 19.8 Å². The van der Waals surface area contributed by atoms with Crippen molar-refractivity contribution in [1.82, 2.24) is 0 Å². The zero-order chi connectivity index (χ0) is 14.4. The van der Waals surface area contributed by atoms with E-state index >= 15 is 0 Å². The lowest BCUT2D eigenvalue weighted by atomic mass is 9.98. The number of aliphatic hydroxyl groups is 3. The second-order valence-electron chi connectivity index (χ2n) is 3.95. The molecule has 0 radical (unpaired) electrons. The molecule has 6 nitrogen and oxygen atoms in total. The Morgan fingerprint density at radius 3 is 2.11 bits per heavy atom. The Hall–Kier alpha value is -1.81. The molecule has 1 rings (SSSR count). The van der Waals surface area contributed by atoms with Crippen LogP contribution in [-0.4, -0.2) is 35.6 Å². The second kappa shape index (κ2) is 6.95. The van der Waals surface area contributed by atoms with Crippen molar-refractivity contribution in [1.29, 1.82) is 5.26 Å². The van der Waals surface area contributed by atoms with Gasteiger partial charge in [0.05, 0.1) is 45.0 Å². The molecule has 1 aromatic carbocycles. The minimum Gasteiger partial charge on any atom is -0.496 e. The highest BCUT2D eigenvalue weighted by atomic mass is 16.5. The average molecular weight is 267 g/mol. The molecule has 1 aromatic rings. The van der Waals surface area contributed by atoms with Crippen molar-refractivity contribution >= 4 is 0 Å². The van der Waals surface area contributed by atoms with Gasteiger partial charge in [0.1, 0.15) is 17.6 Å². The van der Waals surface area contributed by atoms with Crippen LogP contribution in [0.4, 0.5) is 0 Å². The van der Waals surface area contributed by atoms with Crippen LogP contribution in [0.5, 0.6) is 11.5 Å². The van der Waals surface area contributed by atoms with Gasteiger partial charge in [0, 0.05) is 0 Å². The van der Waals surface area contributed by atoms with Crippen molar-refractivity contribution in [2.45, 2.75) is 25.2 Å². The van der Waals surface area contributed by atoms with Crippen molar-refractivity contribution in [3.8, 4) is 17.6 Å². The zero-order valence-electron chi connectivity index (χ0n) is 10.8. The summed E-state index contributed by atoms with van der Waals surface area (Å²) in [5.74, 6) is 0.570. The van der Waals surface area contributed by atoms with Gasteiger partial charge in [0.2, 0.25) is 0 Å². The topological polar surface area (TPSA) is 103 Å². The third-order valence-electron chi connectivity index (χ3n) is 2.75. The van der Waals surface area contributed by atoms with E-state index in [9.17, 15) is 10.2 Å². The number of hydrogen-bond acceptors (Lipinski definition) is 6. The van der Waals surface area contributed by atoms with Gasteiger partial charge < -0.3 is 24.8 Å². The van der Waals surface area contributed by atoms with E-state index in [0.29, 0.717) is 5.56 Å². The molecule has 0 aromatic heterocycles. The van der Waals surface area contributed by atoms with Gasteiger partial charge in [-0.3, -0.25) is 0 Å². The average Bonchev–Trinajstić information content (AvgIpc) is 2.44. The smallest absolute Gasteiger partial charge is 0.128 e. The molecule has 6 heteroatoms. The predicted molar refractivity (Wildman–Crippen MR) is 66.7 cm³/mol. The highest BCUT2D eigenvalue weighted by Crippen LogP contribution is 2.37. The summed E-state index contributed by atoms with van der Waals surface area (Å²) >= 11 is 0. The fraction of sp³-hybridized carbons (Fsp3) is 0.462. The summed E-state index contributed by atoms with van der Waals surface area (Å²) in [6.45, 7) is -0.205. The molecule has 2 atom stereocenters. The third-order valence-corrected chi connectivity index (χ3v) is 2.75. The van der Waals surface area contributed by atoms with Gasteiger partial charge in [-0.05, 0) is 17.7 Å². The maximum Gasteiger partial charge on any atom is 0.128 e. The first-order valence-electron chi connectivity index (χ1n) is 5.67. The summed E-state index contributed by atoms with van der Waals surface area (Å²) in [4.78, 5) is 0. The van der Waals surface area contributed by atoms with Gasteiger partial charge in [-0.25, -0.2) is 0 Å². The summed E-state index contributed by atoms with van der Waals surface area (Å²) in [6, 6.07) is 4.87. The van der Waals surface area contributed by atoms with Crippen molar-refractivity contribution in [3.63, 3.8) is 0 Å². The molecule has 0 saturated carbocycles. The summed E-state index contributed by atoms with van der Waals surface area (Å²) in [6.07, 6.45) is -2.76. The molecular formula is C13H17NO5. The van der Waals surface area contributed by atoms with Crippen LogP contribution in [0.25, 0.3) is 0 Å². The molecule has 2 unspecified atom stereocenters. The largest absolute Gasteiger partial charge is 0.496 e. The van der Waals surface area contributed by atoms with Crippen LogP contribution in [-0.2, 0) is 6.61 Å². The lowest BCUT2D eigenvalue weighted by Gasteiger charge is -2.21. The number of benzene rings is 1. The van der Waals surface area contributed by atoms with E-state index < -0.39 is 12.2 Å². The van der Waals surface area contributed by atoms with Crippen molar-refractivity contribution in [2.24, 2.45) is 0 Å². The van der Waals surface area contributed by atoms with Crippen molar-refractivity contribution in [2.75, 3.05) is 14.2 Å². The van der Waals surface area contributed by atoms with E-state index in [0.717, 1.165) is 0 Å². The fourth-order valence-corrected chi connectivity index (χ4v) is 1.77. The first-order chi connectivity index (χ1) is 9.08. The molecule has 104 valence electrons.